The second-order valence-corrected chi connectivity index (χ2v) is 8.73. The summed E-state index contributed by atoms with van der Waals surface area (Å²) in [6.07, 6.45) is 0. The minimum atomic E-state index is -0.412. The Bertz CT molecular complexity index is 1150. The molecule has 1 amide bonds. The molecule has 8 nitrogen and oxygen atoms in total. The SMILES string of the molecule is CCN(CCNC)Cc1cc(-c2ccc([N+](=O)[O-])cc2)ccc1OCC(=O)NCc1ccc(Cl)cc1. The van der Waals surface area contributed by atoms with Crippen LogP contribution >= 0.6 is 11.6 Å². The highest BCUT2D eigenvalue weighted by Crippen LogP contribution is 2.29. The minimum absolute atomic E-state index is 0.0489. The maximum absolute atomic E-state index is 12.4. The molecule has 0 radical (unpaired) electrons. The number of carbonyl (C=O) groups excluding carboxylic acids is 1. The first-order valence-corrected chi connectivity index (χ1v) is 12.2. The molecule has 3 aromatic rings. The number of nitro groups is 1. The molecule has 0 saturated heterocycles. The third-order valence-electron chi connectivity index (χ3n) is 5.75. The molecule has 9 heteroatoms. The summed E-state index contributed by atoms with van der Waals surface area (Å²) in [7, 11) is 1.92. The Morgan fingerprint density at radius 2 is 1.75 bits per heavy atom. The van der Waals surface area contributed by atoms with Crippen LogP contribution in [0.3, 0.4) is 0 Å². The third kappa shape index (κ3) is 8.05. The number of halogens is 1. The molecule has 0 spiro atoms. The molecule has 0 aliphatic rings. The number of hydrogen-bond donors (Lipinski definition) is 2. The van der Waals surface area contributed by atoms with Gasteiger partial charge in [-0.25, -0.2) is 0 Å². The largest absolute Gasteiger partial charge is 0.483 e. The maximum atomic E-state index is 12.4. The topological polar surface area (TPSA) is 96.7 Å². The number of carbonyl (C=O) groups is 1. The van der Waals surface area contributed by atoms with Gasteiger partial charge in [0, 0.05) is 48.9 Å². The molecular formula is C27H31ClN4O4. The van der Waals surface area contributed by atoms with Gasteiger partial charge in [0.1, 0.15) is 5.75 Å². The molecule has 3 aromatic carbocycles. The van der Waals surface area contributed by atoms with Crippen LogP contribution in [0.25, 0.3) is 11.1 Å². The fraction of sp³-hybridized carbons (Fsp3) is 0.296. The quantitative estimate of drug-likeness (QED) is 0.256. The van der Waals surface area contributed by atoms with Crippen LogP contribution in [0.1, 0.15) is 18.1 Å². The highest BCUT2D eigenvalue weighted by atomic mass is 35.5. The van der Waals surface area contributed by atoms with Gasteiger partial charge in [-0.05, 0) is 66.7 Å². The Kier molecular flexibility index (Phi) is 10.2. The van der Waals surface area contributed by atoms with Crippen LogP contribution in [0, 0.1) is 10.1 Å². The normalized spacial score (nSPS) is 10.9. The van der Waals surface area contributed by atoms with E-state index in [1.165, 1.54) is 12.1 Å². The Balaban J connectivity index is 1.74. The van der Waals surface area contributed by atoms with Gasteiger partial charge in [-0.2, -0.15) is 0 Å². The first-order valence-electron chi connectivity index (χ1n) is 11.8. The number of likely N-dealkylation sites (N-methyl/N-ethyl adjacent to an activating group) is 2. The van der Waals surface area contributed by atoms with Crippen LogP contribution in [0.2, 0.25) is 5.02 Å². The summed E-state index contributed by atoms with van der Waals surface area (Å²) in [6.45, 7) is 5.57. The molecule has 0 fully saturated rings. The van der Waals surface area contributed by atoms with Crippen molar-refractivity contribution < 1.29 is 14.5 Å². The lowest BCUT2D eigenvalue weighted by molar-refractivity contribution is -0.384. The second-order valence-electron chi connectivity index (χ2n) is 8.29. The number of hydrogen-bond acceptors (Lipinski definition) is 6. The highest BCUT2D eigenvalue weighted by Gasteiger charge is 2.13. The lowest BCUT2D eigenvalue weighted by atomic mass is 10.0. The molecule has 190 valence electrons. The van der Waals surface area contributed by atoms with Gasteiger partial charge in [-0.15, -0.1) is 0 Å². The summed E-state index contributed by atoms with van der Waals surface area (Å²) in [4.78, 5) is 25.3. The number of benzene rings is 3. The molecule has 36 heavy (non-hydrogen) atoms. The van der Waals surface area contributed by atoms with E-state index >= 15 is 0 Å². The van der Waals surface area contributed by atoms with Gasteiger partial charge in [-0.1, -0.05) is 36.7 Å². The molecule has 0 aliphatic carbocycles. The van der Waals surface area contributed by atoms with Crippen LogP contribution in [0.4, 0.5) is 5.69 Å². The minimum Gasteiger partial charge on any atom is -0.483 e. The maximum Gasteiger partial charge on any atom is 0.269 e. The molecule has 0 aromatic heterocycles. The molecule has 0 saturated carbocycles. The zero-order chi connectivity index (χ0) is 25.9. The summed E-state index contributed by atoms with van der Waals surface area (Å²) >= 11 is 5.91. The van der Waals surface area contributed by atoms with Crippen LogP contribution in [-0.2, 0) is 17.9 Å². The van der Waals surface area contributed by atoms with Gasteiger partial charge in [0.25, 0.3) is 11.6 Å². The lowest BCUT2D eigenvalue weighted by Gasteiger charge is -2.22. The Labute approximate surface area is 216 Å². The molecule has 0 aliphatic heterocycles. The monoisotopic (exact) mass is 510 g/mol. The van der Waals surface area contributed by atoms with Crippen LogP contribution < -0.4 is 15.4 Å². The van der Waals surface area contributed by atoms with E-state index in [4.69, 9.17) is 16.3 Å². The van der Waals surface area contributed by atoms with E-state index in [9.17, 15) is 14.9 Å². The average Bonchev–Trinajstić information content (AvgIpc) is 2.89. The summed E-state index contributed by atoms with van der Waals surface area (Å²) in [5, 5.41) is 17.7. The van der Waals surface area contributed by atoms with Crippen LogP contribution in [-0.4, -0.2) is 49.0 Å². The molecule has 2 N–H and O–H groups in total. The van der Waals surface area contributed by atoms with Crippen molar-refractivity contribution in [3.05, 3.63) is 93.0 Å². The van der Waals surface area contributed by atoms with Gasteiger partial charge in [0.2, 0.25) is 0 Å². The van der Waals surface area contributed by atoms with Crippen molar-refractivity contribution in [3.63, 3.8) is 0 Å². The molecule has 0 bridgehead atoms. The number of ether oxygens (including phenoxy) is 1. The van der Waals surface area contributed by atoms with Crippen molar-refractivity contribution in [2.45, 2.75) is 20.0 Å². The zero-order valence-electron chi connectivity index (χ0n) is 20.5. The fourth-order valence-corrected chi connectivity index (χ4v) is 3.78. The lowest BCUT2D eigenvalue weighted by Crippen LogP contribution is -2.31. The predicted molar refractivity (Wildman–Crippen MR) is 142 cm³/mol. The van der Waals surface area contributed by atoms with E-state index in [1.807, 2.05) is 37.4 Å². The summed E-state index contributed by atoms with van der Waals surface area (Å²) in [5.41, 5.74) is 3.72. The summed E-state index contributed by atoms with van der Waals surface area (Å²) < 4.78 is 5.93. The number of nitro benzene ring substituents is 1. The predicted octanol–water partition coefficient (Wildman–Crippen LogP) is 4.65. The fourth-order valence-electron chi connectivity index (χ4n) is 3.66. The number of rotatable bonds is 13. The van der Waals surface area contributed by atoms with Crippen molar-refractivity contribution in [3.8, 4) is 16.9 Å². The van der Waals surface area contributed by atoms with E-state index in [0.29, 0.717) is 23.9 Å². The Hall–Kier alpha value is -3.46. The van der Waals surface area contributed by atoms with Crippen molar-refractivity contribution in [1.82, 2.24) is 15.5 Å². The number of amides is 1. The first kappa shape index (κ1) is 27.1. The number of nitrogens with zero attached hydrogens (tertiary/aromatic N) is 2. The van der Waals surface area contributed by atoms with Gasteiger partial charge >= 0.3 is 0 Å². The average molecular weight is 511 g/mol. The highest BCUT2D eigenvalue weighted by molar-refractivity contribution is 6.30. The molecule has 0 atom stereocenters. The van der Waals surface area contributed by atoms with Crippen LogP contribution in [0.15, 0.2) is 66.7 Å². The Morgan fingerprint density at radius 3 is 2.39 bits per heavy atom. The van der Waals surface area contributed by atoms with Crippen LogP contribution in [0.5, 0.6) is 5.75 Å². The zero-order valence-corrected chi connectivity index (χ0v) is 21.3. The van der Waals surface area contributed by atoms with Gasteiger partial charge in [0.15, 0.2) is 6.61 Å². The van der Waals surface area contributed by atoms with E-state index in [0.717, 1.165) is 41.9 Å². The van der Waals surface area contributed by atoms with E-state index < -0.39 is 4.92 Å². The van der Waals surface area contributed by atoms with Crippen molar-refractivity contribution in [1.29, 1.82) is 0 Å². The van der Waals surface area contributed by atoms with E-state index in [-0.39, 0.29) is 18.2 Å². The summed E-state index contributed by atoms with van der Waals surface area (Å²) in [6, 6.07) is 19.5. The third-order valence-corrected chi connectivity index (χ3v) is 6.00. The smallest absolute Gasteiger partial charge is 0.269 e. The standard InChI is InChI=1S/C27H31ClN4O4/c1-3-31(15-14-29-2)18-23-16-22(21-6-11-25(12-7-21)32(34)35)8-13-26(23)36-19-27(33)30-17-20-4-9-24(28)10-5-20/h4-13,16,29H,3,14-15,17-19H2,1-2H3,(H,30,33). The summed E-state index contributed by atoms with van der Waals surface area (Å²) in [5.74, 6) is 0.406. The Morgan fingerprint density at radius 1 is 1.06 bits per heavy atom. The molecular weight excluding hydrogens is 480 g/mol. The van der Waals surface area contributed by atoms with Crippen molar-refractivity contribution >= 4 is 23.2 Å². The van der Waals surface area contributed by atoms with Crippen molar-refractivity contribution in [2.75, 3.05) is 33.3 Å². The molecule has 3 rings (SSSR count). The van der Waals surface area contributed by atoms with E-state index in [2.05, 4.69) is 22.5 Å². The number of non-ortho nitro benzene ring substituents is 1. The second kappa shape index (κ2) is 13.6. The molecule has 0 heterocycles. The van der Waals surface area contributed by atoms with Gasteiger partial charge in [0.05, 0.1) is 4.92 Å². The number of nitrogens with one attached hydrogen (secondary N) is 2. The van der Waals surface area contributed by atoms with Gasteiger partial charge in [-0.3, -0.25) is 19.8 Å². The van der Waals surface area contributed by atoms with Crippen molar-refractivity contribution in [2.24, 2.45) is 0 Å². The van der Waals surface area contributed by atoms with Gasteiger partial charge < -0.3 is 15.4 Å². The first-order chi connectivity index (χ1) is 17.4. The molecule has 0 unspecified atom stereocenters. The van der Waals surface area contributed by atoms with E-state index in [1.54, 1.807) is 24.3 Å².